The van der Waals surface area contributed by atoms with Gasteiger partial charge in [0.1, 0.15) is 17.1 Å². The van der Waals surface area contributed by atoms with Gasteiger partial charge in [-0.25, -0.2) is 4.79 Å². The van der Waals surface area contributed by atoms with E-state index in [1.807, 2.05) is 6.07 Å². The van der Waals surface area contributed by atoms with Gasteiger partial charge in [0.25, 0.3) is 0 Å². The number of likely N-dealkylation sites (N-methyl/N-ethyl adjacent to an activating group) is 1. The number of hydrogen-bond donors (Lipinski definition) is 5. The van der Waals surface area contributed by atoms with Crippen molar-refractivity contribution in [3.63, 3.8) is 0 Å². The molecule has 0 aromatic heterocycles. The van der Waals surface area contributed by atoms with E-state index in [2.05, 4.69) is 0 Å². The molecule has 4 aliphatic rings. The van der Waals surface area contributed by atoms with Gasteiger partial charge in [-0.2, -0.15) is 0 Å². The van der Waals surface area contributed by atoms with Gasteiger partial charge in [-0.15, -0.1) is 0 Å². The van der Waals surface area contributed by atoms with Crippen LogP contribution in [0.15, 0.2) is 29.0 Å². The summed E-state index contributed by atoms with van der Waals surface area (Å²) >= 11 is 0. The number of Topliss-reactive ketones (excluding diaryl/α,β-unsaturated/α-hetero) is 2. The summed E-state index contributed by atoms with van der Waals surface area (Å²) < 4.78 is 0. The Balaban J connectivity index is 1.74. The number of fused-ring (bicyclic) bond motifs is 3. The first kappa shape index (κ1) is 21.7. The van der Waals surface area contributed by atoms with Crippen molar-refractivity contribution < 1.29 is 39.9 Å². The fourth-order valence-corrected chi connectivity index (χ4v) is 6.01. The number of phenolic OH excluding ortho intramolecular Hbond substituents is 1. The van der Waals surface area contributed by atoms with Crippen molar-refractivity contribution >= 4 is 23.3 Å². The van der Waals surface area contributed by atoms with Crippen LogP contribution < -0.4 is 0 Å². The number of benzene rings is 1. The maximum Gasteiger partial charge on any atom is 0.342 e. The molecule has 4 aliphatic carbocycles. The molecule has 0 spiro atoms. The Bertz CT molecular complexity index is 1190. The van der Waals surface area contributed by atoms with Crippen molar-refractivity contribution in [1.82, 2.24) is 4.90 Å². The predicted molar refractivity (Wildman–Crippen MR) is 115 cm³/mol. The lowest BCUT2D eigenvalue weighted by Crippen LogP contribution is -2.65. The van der Waals surface area contributed by atoms with E-state index in [0.717, 1.165) is 24.0 Å². The predicted octanol–water partition coefficient (Wildman–Crippen LogP) is 1.44. The summed E-state index contributed by atoms with van der Waals surface area (Å²) in [6.07, 6.45) is 2.37. The van der Waals surface area contributed by atoms with Gasteiger partial charge >= 0.3 is 5.97 Å². The Labute approximate surface area is 189 Å². The van der Waals surface area contributed by atoms with E-state index in [1.54, 1.807) is 0 Å². The largest absolute Gasteiger partial charge is 0.508 e. The van der Waals surface area contributed by atoms with Crippen molar-refractivity contribution in [1.29, 1.82) is 0 Å². The second-order valence-corrected chi connectivity index (χ2v) is 9.70. The van der Waals surface area contributed by atoms with Gasteiger partial charge in [-0.1, -0.05) is 6.07 Å². The molecule has 0 saturated heterocycles. The number of carboxylic acid groups (broad SMARTS) is 1. The van der Waals surface area contributed by atoms with Crippen molar-refractivity contribution in [2.75, 3.05) is 14.1 Å². The van der Waals surface area contributed by atoms with Crippen LogP contribution in [0.1, 0.15) is 41.9 Å². The Hall–Kier alpha value is -3.17. The summed E-state index contributed by atoms with van der Waals surface area (Å²) in [5.41, 5.74) is -1.99. The fraction of sp³-hybridized carbons (Fsp3) is 0.458. The minimum Gasteiger partial charge on any atom is -0.508 e. The summed E-state index contributed by atoms with van der Waals surface area (Å²) in [5.74, 6) is -6.89. The van der Waals surface area contributed by atoms with Crippen LogP contribution in [-0.4, -0.2) is 73.7 Å². The van der Waals surface area contributed by atoms with Crippen LogP contribution >= 0.6 is 0 Å². The maximum absolute atomic E-state index is 13.7. The molecule has 2 saturated carbocycles. The average Bonchev–Trinajstić information content (AvgIpc) is 3.55. The molecule has 4 atom stereocenters. The van der Waals surface area contributed by atoms with Crippen molar-refractivity contribution in [3.8, 4) is 5.75 Å². The summed E-state index contributed by atoms with van der Waals surface area (Å²) in [7, 11) is 3.08. The van der Waals surface area contributed by atoms with Crippen LogP contribution in [-0.2, 0) is 20.8 Å². The van der Waals surface area contributed by atoms with E-state index in [0.29, 0.717) is 12.3 Å². The second-order valence-electron chi connectivity index (χ2n) is 9.70. The van der Waals surface area contributed by atoms with Crippen molar-refractivity contribution in [2.24, 2.45) is 11.8 Å². The zero-order chi connectivity index (χ0) is 24.0. The van der Waals surface area contributed by atoms with Gasteiger partial charge in [0.15, 0.2) is 17.1 Å². The number of ketones is 2. The number of rotatable bonds is 3. The topological polar surface area (TPSA) is 156 Å². The monoisotopic (exact) mass is 455 g/mol. The van der Waals surface area contributed by atoms with Gasteiger partial charge in [-0.3, -0.25) is 14.5 Å². The first-order chi connectivity index (χ1) is 15.5. The van der Waals surface area contributed by atoms with E-state index >= 15 is 0 Å². The molecule has 2 fully saturated rings. The third kappa shape index (κ3) is 2.75. The van der Waals surface area contributed by atoms with E-state index < -0.39 is 58.1 Å². The molecule has 0 radical (unpaired) electrons. The van der Waals surface area contributed by atoms with Gasteiger partial charge < -0.3 is 25.5 Å². The van der Waals surface area contributed by atoms with Gasteiger partial charge in [0.05, 0.1) is 11.6 Å². The van der Waals surface area contributed by atoms with E-state index in [1.165, 1.54) is 25.1 Å². The average molecular weight is 455 g/mol. The zero-order valence-corrected chi connectivity index (χ0v) is 18.2. The lowest BCUT2D eigenvalue weighted by molar-refractivity contribution is -0.155. The Morgan fingerprint density at radius 3 is 2.33 bits per heavy atom. The molecule has 0 heterocycles. The van der Waals surface area contributed by atoms with Crippen LogP contribution in [0, 0.1) is 11.8 Å². The molecule has 174 valence electrons. The molecule has 0 unspecified atom stereocenters. The summed E-state index contributed by atoms with van der Waals surface area (Å²) in [6.45, 7) is 0. The molecular formula is C24H25NO8. The van der Waals surface area contributed by atoms with Crippen LogP contribution in [0.2, 0.25) is 0 Å². The molecule has 0 aliphatic heterocycles. The molecule has 5 N–H and O–H groups in total. The Morgan fingerprint density at radius 2 is 1.76 bits per heavy atom. The fourth-order valence-electron chi connectivity index (χ4n) is 6.01. The molecule has 33 heavy (non-hydrogen) atoms. The minimum absolute atomic E-state index is 0.0619. The number of phenols is 1. The molecule has 1 aromatic rings. The third-order valence-corrected chi connectivity index (χ3v) is 7.63. The number of aliphatic hydroxyl groups excluding tert-OH is 2. The Morgan fingerprint density at radius 1 is 1.09 bits per heavy atom. The highest BCUT2D eigenvalue weighted by Crippen LogP contribution is 2.54. The summed E-state index contributed by atoms with van der Waals surface area (Å²) in [5, 5.41) is 53.4. The lowest BCUT2D eigenvalue weighted by Gasteiger charge is -2.50. The van der Waals surface area contributed by atoms with Gasteiger partial charge in [0.2, 0.25) is 5.78 Å². The molecule has 9 heteroatoms. The van der Waals surface area contributed by atoms with Crippen LogP contribution in [0.25, 0.3) is 5.76 Å². The number of carbonyl (C=O) groups is 3. The lowest BCUT2D eigenvalue weighted by atomic mass is 9.57. The van der Waals surface area contributed by atoms with Gasteiger partial charge in [-0.05, 0) is 68.8 Å². The number of hydrogen-bond acceptors (Lipinski definition) is 8. The third-order valence-electron chi connectivity index (χ3n) is 7.63. The quantitative estimate of drug-likeness (QED) is 0.426. The number of aliphatic hydroxyl groups is 3. The van der Waals surface area contributed by atoms with E-state index in [-0.39, 0.29) is 23.3 Å². The number of nitrogens with zero attached hydrogens (tertiary/aromatic N) is 1. The normalized spacial score (nSPS) is 31.5. The number of aliphatic carboxylic acids is 1. The van der Waals surface area contributed by atoms with Crippen molar-refractivity contribution in [3.05, 3.63) is 45.7 Å². The highest BCUT2D eigenvalue weighted by atomic mass is 16.4. The SMILES string of the molecule is CN(C)[C@@H]1C(=O)C(C(=O)O)=C(O)[C@@]2(O)C(=O)C3=C(O)c4c(O)ccc(C5CC5)c4C[C@H]3C[C@@H]12. The molecule has 5 rings (SSSR count). The molecule has 9 nitrogen and oxygen atoms in total. The minimum atomic E-state index is -2.68. The summed E-state index contributed by atoms with van der Waals surface area (Å²) in [6, 6.07) is 2.14. The first-order valence-electron chi connectivity index (χ1n) is 10.9. The molecule has 1 aromatic carbocycles. The van der Waals surface area contributed by atoms with Crippen LogP contribution in [0.4, 0.5) is 0 Å². The first-order valence-corrected chi connectivity index (χ1v) is 10.9. The zero-order valence-electron chi connectivity index (χ0n) is 18.2. The van der Waals surface area contributed by atoms with Crippen molar-refractivity contribution in [2.45, 2.75) is 43.2 Å². The molecule has 0 amide bonds. The standard InChI is InChI=1S/C24H25NO8/c1-25(2)18-13-8-10-7-12-11(9-3-4-9)5-6-14(26)16(12)19(27)15(10)21(29)24(13,33)22(30)17(20(18)28)23(31)32/h5-6,9-10,13,18,26-27,30,33H,3-4,7-8H2,1-2H3,(H,31,32)/t10-,13-,18-,24-/m0/s1. The van der Waals surface area contributed by atoms with E-state index in [4.69, 9.17) is 0 Å². The molecular weight excluding hydrogens is 430 g/mol. The smallest absolute Gasteiger partial charge is 0.342 e. The second kappa shape index (κ2) is 6.91. The van der Waals surface area contributed by atoms with Crippen LogP contribution in [0.3, 0.4) is 0 Å². The number of carboxylic acids is 1. The molecule has 0 bridgehead atoms. The van der Waals surface area contributed by atoms with Gasteiger partial charge in [0, 0.05) is 11.5 Å². The highest BCUT2D eigenvalue weighted by Gasteiger charge is 2.64. The maximum atomic E-state index is 13.7. The number of aromatic hydroxyl groups is 1. The highest BCUT2D eigenvalue weighted by molar-refractivity contribution is 6.23. The Kier molecular flexibility index (Phi) is 4.54. The number of carbonyl (C=O) groups excluding carboxylic acids is 2. The van der Waals surface area contributed by atoms with Crippen LogP contribution in [0.5, 0.6) is 5.75 Å². The summed E-state index contributed by atoms with van der Waals surface area (Å²) in [4.78, 5) is 39.8. The van der Waals surface area contributed by atoms with E-state index in [9.17, 15) is 39.9 Å².